The van der Waals surface area contributed by atoms with Gasteiger partial charge in [0.25, 0.3) is 0 Å². The third-order valence-corrected chi connectivity index (χ3v) is 8.08. The van der Waals surface area contributed by atoms with Crippen LogP contribution in [-0.4, -0.2) is 51.7 Å². The highest BCUT2D eigenvalue weighted by molar-refractivity contribution is 6.59. The van der Waals surface area contributed by atoms with Gasteiger partial charge in [0.05, 0.1) is 11.3 Å². The quantitative estimate of drug-likeness (QED) is 0.0386. The molecule has 0 aliphatic rings. The molecule has 0 radical (unpaired) electrons. The van der Waals surface area contributed by atoms with Crippen LogP contribution < -0.4 is 28.7 Å². The summed E-state index contributed by atoms with van der Waals surface area (Å²) in [5.74, 6) is 0. The second kappa shape index (κ2) is 50.1. The monoisotopic (exact) mass is 700 g/mol. The number of methoxy groups -OCH3 is 1. The van der Waals surface area contributed by atoms with Gasteiger partial charge in [-0.1, -0.05) is 196 Å². The summed E-state index contributed by atoms with van der Waals surface area (Å²) in [4.78, 5) is 0. The van der Waals surface area contributed by atoms with Crippen LogP contribution in [0, 0.1) is 0 Å². The van der Waals surface area contributed by atoms with Gasteiger partial charge < -0.3 is 33.4 Å². The van der Waals surface area contributed by atoms with Gasteiger partial charge in [-0.05, 0) is 40.7 Å². The van der Waals surface area contributed by atoms with Crippen LogP contribution in [0.15, 0.2) is 0 Å². The van der Waals surface area contributed by atoms with Crippen LogP contribution in [0.1, 0.15) is 173 Å². The van der Waals surface area contributed by atoms with Crippen LogP contribution in [-0.2, 0) is 4.74 Å². The van der Waals surface area contributed by atoms with Gasteiger partial charge in [0.1, 0.15) is 20.1 Å². The highest BCUT2D eigenvalue weighted by Gasteiger charge is 2.12. The van der Waals surface area contributed by atoms with E-state index in [9.17, 15) is 0 Å². The molecule has 0 aromatic heterocycles. The van der Waals surface area contributed by atoms with Gasteiger partial charge in [0.15, 0.2) is 0 Å². The molecule has 0 aliphatic heterocycles. The molecule has 0 aliphatic carbocycles. The first-order valence-electron chi connectivity index (χ1n) is 21.3. The van der Waals surface area contributed by atoms with E-state index in [1.807, 2.05) is 0 Å². The van der Waals surface area contributed by atoms with Crippen molar-refractivity contribution in [2.24, 2.45) is 28.7 Å². The Morgan fingerprint density at radius 1 is 0.408 bits per heavy atom. The van der Waals surface area contributed by atoms with Crippen LogP contribution in [0.5, 0.6) is 0 Å². The second-order valence-corrected chi connectivity index (χ2v) is 15.5. The van der Waals surface area contributed by atoms with E-state index in [-0.39, 0.29) is 0 Å². The zero-order valence-corrected chi connectivity index (χ0v) is 37.0. The molecule has 300 valence electrons. The Labute approximate surface area is 314 Å². The SMILES string of the molecule is CC(C)(N)N.CC(C)(N)N.CCB(CC)CC.CCCCB(CCCC)CCCC.CCCCB(CCCC)CCCC.COCCCN. The minimum atomic E-state index is -0.500. The Bertz CT molecular complexity index is 435. The molecule has 0 saturated heterocycles. The Kier molecular flexibility index (Phi) is 62.3. The number of unbranched alkanes of at least 4 members (excludes halogenated alkanes) is 6. The average Bonchev–Trinajstić information content (AvgIpc) is 3.03. The van der Waals surface area contributed by atoms with E-state index >= 15 is 0 Å². The fraction of sp³-hybridized carbons (Fsp3) is 1.00. The topological polar surface area (TPSA) is 139 Å². The van der Waals surface area contributed by atoms with Crippen LogP contribution in [0.4, 0.5) is 0 Å². The predicted octanol–water partition coefficient (Wildman–Crippen LogP) is 11.6. The lowest BCUT2D eigenvalue weighted by atomic mass is 9.41. The first kappa shape index (κ1) is 61.0. The summed E-state index contributed by atoms with van der Waals surface area (Å²) in [6.07, 6.45) is 30.8. The molecule has 0 atom stereocenters. The normalized spacial score (nSPS) is 10.3. The van der Waals surface area contributed by atoms with Crippen molar-refractivity contribution in [3.05, 3.63) is 0 Å². The second-order valence-electron chi connectivity index (χ2n) is 15.5. The van der Waals surface area contributed by atoms with E-state index in [0.29, 0.717) is 0 Å². The Morgan fingerprint density at radius 2 is 0.612 bits per heavy atom. The van der Waals surface area contributed by atoms with Crippen molar-refractivity contribution in [1.29, 1.82) is 0 Å². The van der Waals surface area contributed by atoms with Gasteiger partial charge in [0.2, 0.25) is 0 Å². The molecule has 0 aromatic rings. The summed E-state index contributed by atoms with van der Waals surface area (Å²) in [5, 5.41) is 0. The first-order chi connectivity index (χ1) is 23.0. The molecule has 10 N–H and O–H groups in total. The van der Waals surface area contributed by atoms with Crippen molar-refractivity contribution >= 4 is 20.1 Å². The minimum Gasteiger partial charge on any atom is -0.385 e. The van der Waals surface area contributed by atoms with Crippen molar-refractivity contribution in [3.8, 4) is 0 Å². The molecule has 6 nitrogen and oxygen atoms in total. The van der Waals surface area contributed by atoms with Crippen molar-refractivity contribution in [1.82, 2.24) is 0 Å². The molecule has 0 heterocycles. The molecule has 0 spiro atoms. The zero-order chi connectivity index (χ0) is 39.4. The van der Waals surface area contributed by atoms with E-state index < -0.39 is 11.3 Å². The number of nitrogens with two attached hydrogens (primary N) is 5. The van der Waals surface area contributed by atoms with Gasteiger partial charge in [0, 0.05) is 13.7 Å². The summed E-state index contributed by atoms with van der Waals surface area (Å²) < 4.78 is 4.70. The maximum atomic E-state index is 5.13. The lowest BCUT2D eigenvalue weighted by Gasteiger charge is -2.11. The Hall–Kier alpha value is -0.0452. The van der Waals surface area contributed by atoms with Gasteiger partial charge >= 0.3 is 0 Å². The molecule has 49 heavy (non-hydrogen) atoms. The molecule has 0 saturated carbocycles. The van der Waals surface area contributed by atoms with Gasteiger partial charge in [-0.25, -0.2) is 0 Å². The molecule has 0 bridgehead atoms. The molecular weight excluding hydrogens is 599 g/mol. The molecule has 0 unspecified atom stereocenters. The van der Waals surface area contributed by atoms with Crippen molar-refractivity contribution in [3.63, 3.8) is 0 Å². The predicted molar refractivity (Wildman–Crippen MR) is 237 cm³/mol. The highest BCUT2D eigenvalue weighted by Crippen LogP contribution is 2.17. The fourth-order valence-corrected chi connectivity index (χ4v) is 4.92. The van der Waals surface area contributed by atoms with Crippen molar-refractivity contribution in [2.75, 3.05) is 20.3 Å². The van der Waals surface area contributed by atoms with E-state index in [4.69, 9.17) is 33.4 Å². The van der Waals surface area contributed by atoms with Crippen LogP contribution in [0.25, 0.3) is 0 Å². The summed E-state index contributed by atoms with van der Waals surface area (Å²) in [6, 6.07) is 0. The fourth-order valence-electron chi connectivity index (χ4n) is 4.92. The number of hydrogen-bond acceptors (Lipinski definition) is 6. The van der Waals surface area contributed by atoms with Gasteiger partial charge in [-0.2, -0.15) is 0 Å². The average molecular weight is 700 g/mol. The van der Waals surface area contributed by atoms with Crippen molar-refractivity contribution < 1.29 is 4.74 Å². The molecule has 0 fully saturated rings. The Balaban J connectivity index is -0.000000119. The molecule has 9 heteroatoms. The number of hydrogen-bond donors (Lipinski definition) is 5. The standard InChI is InChI=1S/2C12H27B.C6H15B.C4H11NO.2C3H10N2/c2*1-4-7-10-13(11-8-5-2)12-9-6-3;1-4-7(5-2)6-3;1-6-4-2-3-5;2*1-3(2,4)5/h2*4-12H2,1-3H3;4-6H2,1-3H3;2-5H2,1H3;2*4-5H2,1-2H3. The van der Waals surface area contributed by atoms with E-state index in [2.05, 4.69) is 62.3 Å². The molecule has 0 aromatic carbocycles. The smallest absolute Gasteiger partial charge is 0.139 e. The van der Waals surface area contributed by atoms with Crippen LogP contribution in [0.3, 0.4) is 0 Å². The number of rotatable bonds is 24. The minimum absolute atomic E-state index is 0.500. The van der Waals surface area contributed by atoms with Gasteiger partial charge in [-0.3, -0.25) is 0 Å². The van der Waals surface area contributed by atoms with Gasteiger partial charge in [-0.15, -0.1) is 0 Å². The lowest BCUT2D eigenvalue weighted by molar-refractivity contribution is 0.197. The summed E-state index contributed by atoms with van der Waals surface area (Å²) in [5.41, 5.74) is 24.7. The van der Waals surface area contributed by atoms with Crippen LogP contribution in [0.2, 0.25) is 56.9 Å². The molecule has 0 amide bonds. The van der Waals surface area contributed by atoms with Crippen LogP contribution >= 0.6 is 0 Å². The summed E-state index contributed by atoms with van der Waals surface area (Å²) >= 11 is 0. The van der Waals surface area contributed by atoms with E-state index in [1.165, 1.54) is 134 Å². The molecule has 0 rings (SSSR count). The maximum Gasteiger partial charge on any atom is 0.139 e. The van der Waals surface area contributed by atoms with Crippen molar-refractivity contribution in [2.45, 2.75) is 242 Å². The molecular formula is C40H100B3N5O. The third-order valence-electron chi connectivity index (χ3n) is 8.08. The largest absolute Gasteiger partial charge is 0.385 e. The third kappa shape index (κ3) is 93.3. The summed E-state index contributed by atoms with van der Waals surface area (Å²) in [6.45, 7) is 32.2. The maximum absolute atomic E-state index is 5.13. The van der Waals surface area contributed by atoms with E-state index in [1.54, 1.807) is 34.8 Å². The first-order valence-corrected chi connectivity index (χ1v) is 21.3. The Morgan fingerprint density at radius 3 is 0.694 bits per heavy atom. The summed E-state index contributed by atoms with van der Waals surface area (Å²) in [7, 11) is 1.68. The number of ether oxygens (including phenoxy) is 1. The zero-order valence-electron chi connectivity index (χ0n) is 37.0. The lowest BCUT2D eigenvalue weighted by Crippen LogP contribution is -2.42. The van der Waals surface area contributed by atoms with E-state index in [0.717, 1.165) is 39.7 Å². The highest BCUT2D eigenvalue weighted by atomic mass is 16.5.